The number of methoxy groups -OCH3 is 2. The Morgan fingerprint density at radius 1 is 1.13 bits per heavy atom. The molecular weight excluding hydrogens is 196 g/mol. The van der Waals surface area contributed by atoms with Gasteiger partial charge in [0.2, 0.25) is 12.6 Å². The number of rotatable bonds is 4. The molecule has 90 valence electrons. The van der Waals surface area contributed by atoms with Crippen molar-refractivity contribution < 1.29 is 18.9 Å². The fraction of sp³-hybridized carbons (Fsp3) is 1.00. The van der Waals surface area contributed by atoms with E-state index in [1.807, 2.05) is 6.92 Å². The molecular formula is C11H22O4. The van der Waals surface area contributed by atoms with E-state index in [9.17, 15) is 0 Å². The molecule has 0 saturated carbocycles. The highest BCUT2D eigenvalue weighted by molar-refractivity contribution is 4.78. The van der Waals surface area contributed by atoms with Gasteiger partial charge in [-0.15, -0.1) is 0 Å². The lowest BCUT2D eigenvalue weighted by atomic mass is 9.97. The first-order valence-corrected chi connectivity index (χ1v) is 5.50. The lowest BCUT2D eigenvalue weighted by Crippen LogP contribution is -2.51. The molecule has 0 aromatic rings. The average Bonchev–Trinajstić information content (AvgIpc) is 2.27. The first kappa shape index (κ1) is 12.9. The van der Waals surface area contributed by atoms with Crippen LogP contribution in [-0.4, -0.2) is 39.0 Å². The van der Waals surface area contributed by atoms with Crippen molar-refractivity contribution in [2.45, 2.75) is 52.0 Å². The van der Waals surface area contributed by atoms with Crippen LogP contribution in [0.4, 0.5) is 0 Å². The van der Waals surface area contributed by atoms with Crippen molar-refractivity contribution in [2.75, 3.05) is 14.2 Å². The second kappa shape index (κ2) is 5.80. The molecule has 1 heterocycles. The van der Waals surface area contributed by atoms with E-state index in [4.69, 9.17) is 18.9 Å². The Kier molecular flexibility index (Phi) is 4.99. The van der Waals surface area contributed by atoms with Gasteiger partial charge in [0.05, 0.1) is 12.2 Å². The SMILES string of the molecule is CC[C@@H](C)[C@@H]1O[C@H](OC)[C@H](OC)O[C@H]1C. The third-order valence-electron chi connectivity index (χ3n) is 2.99. The highest BCUT2D eigenvalue weighted by atomic mass is 16.8. The van der Waals surface area contributed by atoms with E-state index in [0.29, 0.717) is 5.92 Å². The number of ether oxygens (including phenoxy) is 4. The topological polar surface area (TPSA) is 36.9 Å². The molecule has 15 heavy (non-hydrogen) atoms. The maximum atomic E-state index is 5.83. The standard InChI is InChI=1S/C11H22O4/c1-6-7(2)9-8(3)14-10(12-4)11(13-5)15-9/h7-11H,6H2,1-5H3/t7-,8+,9+,10-,11+/m1/s1. The summed E-state index contributed by atoms with van der Waals surface area (Å²) in [4.78, 5) is 0. The maximum absolute atomic E-state index is 5.83. The van der Waals surface area contributed by atoms with Crippen LogP contribution in [0.1, 0.15) is 27.2 Å². The van der Waals surface area contributed by atoms with Gasteiger partial charge in [0, 0.05) is 14.2 Å². The predicted octanol–water partition coefficient (Wildman–Crippen LogP) is 1.78. The van der Waals surface area contributed by atoms with Crippen LogP contribution in [0.2, 0.25) is 0 Å². The molecule has 0 radical (unpaired) electrons. The van der Waals surface area contributed by atoms with E-state index in [1.54, 1.807) is 14.2 Å². The Balaban J connectivity index is 2.62. The van der Waals surface area contributed by atoms with Crippen molar-refractivity contribution in [3.8, 4) is 0 Å². The smallest absolute Gasteiger partial charge is 0.209 e. The van der Waals surface area contributed by atoms with E-state index in [1.165, 1.54) is 0 Å². The van der Waals surface area contributed by atoms with Crippen LogP contribution in [0.25, 0.3) is 0 Å². The lowest BCUT2D eigenvalue weighted by molar-refractivity contribution is -0.354. The molecule has 0 amide bonds. The molecule has 1 aliphatic heterocycles. The van der Waals surface area contributed by atoms with Gasteiger partial charge in [-0.3, -0.25) is 0 Å². The molecule has 0 spiro atoms. The highest BCUT2D eigenvalue weighted by Crippen LogP contribution is 2.27. The predicted molar refractivity (Wildman–Crippen MR) is 56.5 cm³/mol. The summed E-state index contributed by atoms with van der Waals surface area (Å²) < 4.78 is 21.9. The zero-order valence-corrected chi connectivity index (χ0v) is 10.2. The molecule has 4 nitrogen and oxygen atoms in total. The fourth-order valence-electron chi connectivity index (χ4n) is 1.85. The Bertz CT molecular complexity index is 185. The van der Waals surface area contributed by atoms with Crippen molar-refractivity contribution in [2.24, 2.45) is 5.92 Å². The summed E-state index contributed by atoms with van der Waals surface area (Å²) in [5, 5.41) is 0. The monoisotopic (exact) mass is 218 g/mol. The van der Waals surface area contributed by atoms with Crippen LogP contribution in [0, 0.1) is 5.92 Å². The van der Waals surface area contributed by atoms with Gasteiger partial charge in [0.15, 0.2) is 0 Å². The molecule has 0 unspecified atom stereocenters. The minimum Gasteiger partial charge on any atom is -0.351 e. The third-order valence-corrected chi connectivity index (χ3v) is 2.99. The fourth-order valence-corrected chi connectivity index (χ4v) is 1.85. The second-order valence-electron chi connectivity index (χ2n) is 4.04. The van der Waals surface area contributed by atoms with Gasteiger partial charge in [0.25, 0.3) is 0 Å². The van der Waals surface area contributed by atoms with Crippen LogP contribution in [0.5, 0.6) is 0 Å². The molecule has 5 atom stereocenters. The molecule has 0 aromatic heterocycles. The van der Waals surface area contributed by atoms with Crippen molar-refractivity contribution in [3.05, 3.63) is 0 Å². The second-order valence-corrected chi connectivity index (χ2v) is 4.04. The normalized spacial score (nSPS) is 39.0. The minimum atomic E-state index is -0.426. The molecule has 0 aromatic carbocycles. The Morgan fingerprint density at radius 3 is 2.13 bits per heavy atom. The summed E-state index contributed by atoms with van der Waals surface area (Å²) in [5.41, 5.74) is 0. The van der Waals surface area contributed by atoms with Gasteiger partial charge >= 0.3 is 0 Å². The third kappa shape index (κ3) is 2.91. The van der Waals surface area contributed by atoms with E-state index < -0.39 is 12.6 Å². The molecule has 0 bridgehead atoms. The zero-order valence-electron chi connectivity index (χ0n) is 10.2. The first-order valence-electron chi connectivity index (χ1n) is 5.50. The van der Waals surface area contributed by atoms with E-state index >= 15 is 0 Å². The molecule has 4 heteroatoms. The van der Waals surface area contributed by atoms with Gasteiger partial charge in [-0.05, 0) is 12.8 Å². The summed E-state index contributed by atoms with van der Waals surface area (Å²) in [7, 11) is 3.19. The molecule has 1 rings (SSSR count). The number of hydrogen-bond donors (Lipinski definition) is 0. The van der Waals surface area contributed by atoms with Gasteiger partial charge in [-0.1, -0.05) is 20.3 Å². The Hall–Kier alpha value is -0.160. The molecule has 0 N–H and O–H groups in total. The summed E-state index contributed by atoms with van der Waals surface area (Å²) >= 11 is 0. The van der Waals surface area contributed by atoms with E-state index in [0.717, 1.165) is 6.42 Å². The van der Waals surface area contributed by atoms with E-state index in [-0.39, 0.29) is 12.2 Å². The summed E-state index contributed by atoms with van der Waals surface area (Å²) in [6, 6.07) is 0. The minimum absolute atomic E-state index is 0.0382. The maximum Gasteiger partial charge on any atom is 0.209 e. The van der Waals surface area contributed by atoms with Crippen molar-refractivity contribution >= 4 is 0 Å². The Morgan fingerprint density at radius 2 is 1.67 bits per heavy atom. The van der Waals surface area contributed by atoms with Crippen LogP contribution >= 0.6 is 0 Å². The van der Waals surface area contributed by atoms with Crippen LogP contribution in [0.3, 0.4) is 0 Å². The summed E-state index contributed by atoms with van der Waals surface area (Å²) in [6.07, 6.45) is 0.324. The van der Waals surface area contributed by atoms with Gasteiger partial charge in [-0.2, -0.15) is 0 Å². The lowest BCUT2D eigenvalue weighted by Gasteiger charge is -2.41. The first-order chi connectivity index (χ1) is 7.13. The van der Waals surface area contributed by atoms with Crippen molar-refractivity contribution in [1.82, 2.24) is 0 Å². The average molecular weight is 218 g/mol. The summed E-state index contributed by atoms with van der Waals surface area (Å²) in [6.45, 7) is 6.31. The van der Waals surface area contributed by atoms with Crippen LogP contribution < -0.4 is 0 Å². The van der Waals surface area contributed by atoms with Crippen molar-refractivity contribution in [3.63, 3.8) is 0 Å². The largest absolute Gasteiger partial charge is 0.351 e. The van der Waals surface area contributed by atoms with Crippen LogP contribution in [-0.2, 0) is 18.9 Å². The van der Waals surface area contributed by atoms with Crippen molar-refractivity contribution in [1.29, 1.82) is 0 Å². The molecule has 1 saturated heterocycles. The van der Waals surface area contributed by atoms with Gasteiger partial charge < -0.3 is 18.9 Å². The van der Waals surface area contributed by atoms with E-state index in [2.05, 4.69) is 13.8 Å². The Labute approximate surface area is 91.8 Å². The van der Waals surface area contributed by atoms with Gasteiger partial charge in [0.1, 0.15) is 0 Å². The molecule has 1 aliphatic rings. The summed E-state index contributed by atoms with van der Waals surface area (Å²) in [5.74, 6) is 0.454. The molecule has 1 fully saturated rings. The van der Waals surface area contributed by atoms with Crippen LogP contribution in [0.15, 0.2) is 0 Å². The highest BCUT2D eigenvalue weighted by Gasteiger charge is 2.38. The zero-order chi connectivity index (χ0) is 11.4. The quantitative estimate of drug-likeness (QED) is 0.720. The van der Waals surface area contributed by atoms with Gasteiger partial charge in [-0.25, -0.2) is 0 Å². The molecule has 0 aliphatic carbocycles. The number of hydrogen-bond acceptors (Lipinski definition) is 4.